The summed E-state index contributed by atoms with van der Waals surface area (Å²) >= 11 is 0. The van der Waals surface area contributed by atoms with Crippen molar-refractivity contribution in [3.05, 3.63) is 29.8 Å². The van der Waals surface area contributed by atoms with E-state index in [1.165, 1.54) is 24.2 Å². The SMILES string of the molecule is CCNC(C)c1ccccc1N1CCCN(C)CC1C. The largest absolute Gasteiger partial charge is 0.367 e. The second-order valence-corrected chi connectivity index (χ2v) is 6.00. The number of likely N-dealkylation sites (N-methyl/N-ethyl adjacent to an activating group) is 1. The quantitative estimate of drug-likeness (QED) is 0.911. The fourth-order valence-electron chi connectivity index (χ4n) is 3.26. The number of rotatable bonds is 4. The molecule has 112 valence electrons. The monoisotopic (exact) mass is 275 g/mol. The van der Waals surface area contributed by atoms with Crippen molar-refractivity contribution in [2.75, 3.05) is 38.1 Å². The maximum atomic E-state index is 3.54. The number of para-hydroxylation sites is 1. The van der Waals surface area contributed by atoms with Gasteiger partial charge in [-0.2, -0.15) is 0 Å². The standard InChI is InChI=1S/C17H29N3/c1-5-18-15(3)16-9-6-7-10-17(16)20-12-8-11-19(4)13-14(20)2/h6-7,9-10,14-15,18H,5,8,11-13H2,1-4H3. The van der Waals surface area contributed by atoms with Crippen LogP contribution in [-0.2, 0) is 0 Å². The molecule has 2 unspecified atom stereocenters. The topological polar surface area (TPSA) is 18.5 Å². The number of nitrogens with zero attached hydrogens (tertiary/aromatic N) is 2. The normalized spacial score (nSPS) is 22.6. The van der Waals surface area contributed by atoms with E-state index in [2.05, 4.69) is 67.2 Å². The van der Waals surface area contributed by atoms with E-state index in [0.717, 1.165) is 19.6 Å². The molecule has 1 fully saturated rings. The first-order chi connectivity index (χ1) is 9.63. The fraction of sp³-hybridized carbons (Fsp3) is 0.647. The highest BCUT2D eigenvalue weighted by Gasteiger charge is 2.22. The van der Waals surface area contributed by atoms with Crippen LogP contribution < -0.4 is 10.2 Å². The van der Waals surface area contributed by atoms with E-state index in [1.807, 2.05) is 0 Å². The average Bonchev–Trinajstić information content (AvgIpc) is 2.59. The molecule has 1 aliphatic heterocycles. The van der Waals surface area contributed by atoms with Crippen molar-refractivity contribution in [1.82, 2.24) is 10.2 Å². The highest BCUT2D eigenvalue weighted by Crippen LogP contribution is 2.29. The van der Waals surface area contributed by atoms with Crippen molar-refractivity contribution < 1.29 is 0 Å². The van der Waals surface area contributed by atoms with Crippen LogP contribution in [0.15, 0.2) is 24.3 Å². The Morgan fingerprint density at radius 1 is 1.30 bits per heavy atom. The average molecular weight is 275 g/mol. The van der Waals surface area contributed by atoms with Gasteiger partial charge >= 0.3 is 0 Å². The summed E-state index contributed by atoms with van der Waals surface area (Å²) in [6, 6.07) is 9.84. The van der Waals surface area contributed by atoms with E-state index in [1.54, 1.807) is 0 Å². The summed E-state index contributed by atoms with van der Waals surface area (Å²) < 4.78 is 0. The third-order valence-corrected chi connectivity index (χ3v) is 4.27. The smallest absolute Gasteiger partial charge is 0.0417 e. The van der Waals surface area contributed by atoms with Crippen molar-refractivity contribution in [2.45, 2.75) is 39.3 Å². The second kappa shape index (κ2) is 7.09. The Morgan fingerprint density at radius 3 is 2.80 bits per heavy atom. The molecule has 20 heavy (non-hydrogen) atoms. The molecule has 0 aliphatic carbocycles. The molecule has 0 bridgehead atoms. The molecular formula is C17H29N3. The van der Waals surface area contributed by atoms with E-state index < -0.39 is 0 Å². The third kappa shape index (κ3) is 3.53. The third-order valence-electron chi connectivity index (χ3n) is 4.27. The number of nitrogens with one attached hydrogen (secondary N) is 1. The van der Waals surface area contributed by atoms with Gasteiger partial charge in [0.05, 0.1) is 0 Å². The van der Waals surface area contributed by atoms with Gasteiger partial charge in [0.25, 0.3) is 0 Å². The number of hydrogen-bond acceptors (Lipinski definition) is 3. The second-order valence-electron chi connectivity index (χ2n) is 6.00. The first-order valence-corrected chi connectivity index (χ1v) is 7.91. The molecule has 1 N–H and O–H groups in total. The van der Waals surface area contributed by atoms with Gasteiger partial charge in [-0.25, -0.2) is 0 Å². The summed E-state index contributed by atoms with van der Waals surface area (Å²) in [5, 5.41) is 3.54. The lowest BCUT2D eigenvalue weighted by atomic mass is 10.0. The van der Waals surface area contributed by atoms with Crippen LogP contribution in [-0.4, -0.2) is 44.2 Å². The van der Waals surface area contributed by atoms with Crippen LogP contribution in [0.3, 0.4) is 0 Å². The molecule has 0 spiro atoms. The lowest BCUT2D eigenvalue weighted by molar-refractivity contribution is 0.337. The molecule has 1 aromatic carbocycles. The Labute approximate surface area is 124 Å². The highest BCUT2D eigenvalue weighted by atomic mass is 15.2. The van der Waals surface area contributed by atoms with Gasteiger partial charge in [-0.1, -0.05) is 25.1 Å². The van der Waals surface area contributed by atoms with Gasteiger partial charge in [-0.05, 0) is 52.0 Å². The summed E-state index contributed by atoms with van der Waals surface area (Å²) in [4.78, 5) is 5.04. The highest BCUT2D eigenvalue weighted by molar-refractivity contribution is 5.55. The lowest BCUT2D eigenvalue weighted by Gasteiger charge is -2.33. The molecule has 2 rings (SSSR count). The van der Waals surface area contributed by atoms with Crippen molar-refractivity contribution in [2.24, 2.45) is 0 Å². The minimum Gasteiger partial charge on any atom is -0.367 e. The van der Waals surface area contributed by atoms with Gasteiger partial charge in [-0.15, -0.1) is 0 Å². The molecule has 1 aromatic rings. The Morgan fingerprint density at radius 2 is 2.05 bits per heavy atom. The molecule has 1 heterocycles. The van der Waals surface area contributed by atoms with Crippen LogP contribution in [0.1, 0.15) is 38.8 Å². The van der Waals surface area contributed by atoms with Crippen LogP contribution in [0, 0.1) is 0 Å². The Kier molecular flexibility index (Phi) is 5.44. The first-order valence-electron chi connectivity index (χ1n) is 7.91. The zero-order valence-corrected chi connectivity index (χ0v) is 13.4. The van der Waals surface area contributed by atoms with Crippen molar-refractivity contribution >= 4 is 5.69 Å². The molecule has 1 saturated heterocycles. The number of anilines is 1. The first kappa shape index (κ1) is 15.3. The minimum atomic E-state index is 0.407. The van der Waals surface area contributed by atoms with Crippen molar-refractivity contribution in [3.63, 3.8) is 0 Å². The summed E-state index contributed by atoms with van der Waals surface area (Å²) in [6.07, 6.45) is 1.24. The summed E-state index contributed by atoms with van der Waals surface area (Å²) in [5.74, 6) is 0. The molecule has 3 nitrogen and oxygen atoms in total. The van der Waals surface area contributed by atoms with E-state index in [9.17, 15) is 0 Å². The van der Waals surface area contributed by atoms with Crippen molar-refractivity contribution in [3.8, 4) is 0 Å². The van der Waals surface area contributed by atoms with E-state index >= 15 is 0 Å². The number of benzene rings is 1. The Hall–Kier alpha value is -1.06. The van der Waals surface area contributed by atoms with Gasteiger partial charge in [0.2, 0.25) is 0 Å². The van der Waals surface area contributed by atoms with Crippen LogP contribution in [0.25, 0.3) is 0 Å². The van der Waals surface area contributed by atoms with E-state index in [4.69, 9.17) is 0 Å². The van der Waals surface area contributed by atoms with Crippen LogP contribution in [0.5, 0.6) is 0 Å². The fourth-order valence-corrected chi connectivity index (χ4v) is 3.26. The van der Waals surface area contributed by atoms with Gasteiger partial charge in [-0.3, -0.25) is 0 Å². The van der Waals surface area contributed by atoms with Crippen LogP contribution in [0.4, 0.5) is 5.69 Å². The van der Waals surface area contributed by atoms with Crippen molar-refractivity contribution in [1.29, 1.82) is 0 Å². The molecule has 3 heteroatoms. The van der Waals surface area contributed by atoms with Crippen LogP contribution in [0.2, 0.25) is 0 Å². The molecular weight excluding hydrogens is 246 g/mol. The minimum absolute atomic E-state index is 0.407. The summed E-state index contributed by atoms with van der Waals surface area (Å²) in [7, 11) is 2.23. The van der Waals surface area contributed by atoms with Crippen LogP contribution >= 0.6 is 0 Å². The lowest BCUT2D eigenvalue weighted by Crippen LogP contribution is -2.38. The van der Waals surface area contributed by atoms with Gasteiger partial charge in [0.1, 0.15) is 0 Å². The number of hydrogen-bond donors (Lipinski definition) is 1. The van der Waals surface area contributed by atoms with Gasteiger partial charge in [0.15, 0.2) is 0 Å². The molecule has 0 radical (unpaired) electrons. The molecule has 0 saturated carbocycles. The predicted octanol–water partition coefficient (Wildman–Crippen LogP) is 2.89. The summed E-state index contributed by atoms with van der Waals surface area (Å²) in [5.41, 5.74) is 2.83. The van der Waals surface area contributed by atoms with Gasteiger partial charge < -0.3 is 15.1 Å². The van der Waals surface area contributed by atoms with Gasteiger partial charge in [0, 0.05) is 30.9 Å². The molecule has 2 atom stereocenters. The molecule has 0 aromatic heterocycles. The molecule has 1 aliphatic rings. The Bertz CT molecular complexity index is 418. The van der Waals surface area contributed by atoms with E-state index in [0.29, 0.717) is 12.1 Å². The Balaban J connectivity index is 2.26. The zero-order chi connectivity index (χ0) is 14.5. The maximum Gasteiger partial charge on any atom is 0.0417 e. The predicted molar refractivity (Wildman–Crippen MR) is 87.5 cm³/mol. The molecule has 0 amide bonds. The summed E-state index contributed by atoms with van der Waals surface area (Å²) in [6.45, 7) is 11.3. The zero-order valence-electron chi connectivity index (χ0n) is 13.4. The van der Waals surface area contributed by atoms with E-state index in [-0.39, 0.29) is 0 Å². The maximum absolute atomic E-state index is 3.54.